The van der Waals surface area contributed by atoms with Gasteiger partial charge in [-0.1, -0.05) is 0 Å². The van der Waals surface area contributed by atoms with Crippen molar-refractivity contribution in [2.45, 2.75) is 4.90 Å². The highest BCUT2D eigenvalue weighted by Crippen LogP contribution is 2.28. The zero-order valence-electron chi connectivity index (χ0n) is 11.5. The Balaban J connectivity index is 1.90. The smallest absolute Gasteiger partial charge is 0.359 e. The molecule has 116 valence electrons. The van der Waals surface area contributed by atoms with Crippen LogP contribution in [0.15, 0.2) is 46.2 Å². The summed E-state index contributed by atoms with van der Waals surface area (Å²) in [5.41, 5.74) is 0.534. The van der Waals surface area contributed by atoms with Gasteiger partial charge in [0.1, 0.15) is 5.40 Å². The largest absolute Gasteiger partial charge is 0.451 e. The van der Waals surface area contributed by atoms with E-state index in [2.05, 4.69) is 31.2 Å². The molecule has 2 rings (SSSR count). The van der Waals surface area contributed by atoms with Crippen LogP contribution in [0.3, 0.4) is 0 Å². The molecular formula is C14H9BrN4O3S. The molecule has 0 aliphatic heterocycles. The van der Waals surface area contributed by atoms with E-state index in [1.165, 1.54) is 18.6 Å². The highest BCUT2D eigenvalue weighted by Gasteiger charge is 2.12. The van der Waals surface area contributed by atoms with E-state index in [0.29, 0.717) is 10.2 Å². The lowest BCUT2D eigenvalue weighted by molar-refractivity contribution is -0.119. The summed E-state index contributed by atoms with van der Waals surface area (Å²) in [5, 5.41) is 13.2. The second-order valence-corrected chi connectivity index (χ2v) is 5.76. The molecule has 1 aromatic carbocycles. The van der Waals surface area contributed by atoms with Crippen LogP contribution in [0, 0.1) is 10.7 Å². The molecule has 0 saturated carbocycles. The van der Waals surface area contributed by atoms with E-state index in [0.717, 1.165) is 16.7 Å². The van der Waals surface area contributed by atoms with Gasteiger partial charge in [0.05, 0.1) is 11.9 Å². The molecular weight excluding hydrogens is 384 g/mol. The Hall–Kier alpha value is -2.44. The molecule has 0 fully saturated rings. The fourth-order valence-corrected chi connectivity index (χ4v) is 2.56. The minimum Gasteiger partial charge on any atom is -0.451 e. The van der Waals surface area contributed by atoms with Gasteiger partial charge in [0.2, 0.25) is 0 Å². The average molecular weight is 393 g/mol. The maximum absolute atomic E-state index is 11.8. The Bertz CT molecular complexity index is 764. The molecule has 23 heavy (non-hydrogen) atoms. The molecule has 0 unspecified atom stereocenters. The third kappa shape index (κ3) is 5.05. The van der Waals surface area contributed by atoms with Crippen molar-refractivity contribution in [1.82, 2.24) is 9.97 Å². The van der Waals surface area contributed by atoms with Crippen LogP contribution in [-0.2, 0) is 9.53 Å². The van der Waals surface area contributed by atoms with Crippen LogP contribution in [0.2, 0.25) is 0 Å². The number of ether oxygens (including phenoxy) is 1. The van der Waals surface area contributed by atoms with E-state index in [4.69, 9.17) is 10.00 Å². The first-order chi connectivity index (χ1) is 11.1. The first kappa shape index (κ1) is 16.9. The van der Waals surface area contributed by atoms with Gasteiger partial charge in [-0.2, -0.15) is 5.26 Å². The molecule has 9 heteroatoms. The number of aromatic nitrogens is 2. The maximum atomic E-state index is 11.8. The van der Waals surface area contributed by atoms with Crippen molar-refractivity contribution in [3.8, 4) is 5.40 Å². The topological polar surface area (TPSA) is 105 Å². The number of nitrogens with one attached hydrogen (secondary N) is 1. The molecule has 0 spiro atoms. The number of hydrogen-bond acceptors (Lipinski definition) is 7. The number of esters is 1. The Morgan fingerprint density at radius 2 is 2.22 bits per heavy atom. The summed E-state index contributed by atoms with van der Waals surface area (Å²) in [5.74, 6) is -1.23. The van der Waals surface area contributed by atoms with Crippen molar-refractivity contribution < 1.29 is 14.3 Å². The number of carbonyl (C=O) groups is 2. The van der Waals surface area contributed by atoms with Gasteiger partial charge in [0.25, 0.3) is 5.91 Å². The summed E-state index contributed by atoms with van der Waals surface area (Å²) >= 11 is 4.31. The highest BCUT2D eigenvalue weighted by molar-refractivity contribution is 9.10. The van der Waals surface area contributed by atoms with E-state index in [1.54, 1.807) is 18.2 Å². The fourth-order valence-electron chi connectivity index (χ4n) is 1.51. The summed E-state index contributed by atoms with van der Waals surface area (Å²) in [4.78, 5) is 31.7. The number of halogens is 1. The number of nitrogens with zero attached hydrogens (tertiary/aromatic N) is 3. The van der Waals surface area contributed by atoms with Gasteiger partial charge in [-0.25, -0.2) is 9.78 Å². The number of amides is 1. The lowest BCUT2D eigenvalue weighted by atomic mass is 10.3. The number of nitriles is 1. The van der Waals surface area contributed by atoms with Crippen LogP contribution >= 0.6 is 27.7 Å². The van der Waals surface area contributed by atoms with Crippen molar-refractivity contribution in [1.29, 1.82) is 5.26 Å². The minimum atomic E-state index is -0.729. The molecule has 7 nitrogen and oxygen atoms in total. The van der Waals surface area contributed by atoms with Crippen LogP contribution in [-0.4, -0.2) is 28.5 Å². The van der Waals surface area contributed by atoms with E-state index in [1.807, 2.05) is 5.40 Å². The van der Waals surface area contributed by atoms with Crippen molar-refractivity contribution in [2.24, 2.45) is 0 Å². The van der Waals surface area contributed by atoms with Crippen molar-refractivity contribution >= 4 is 45.3 Å². The zero-order chi connectivity index (χ0) is 16.7. The lowest BCUT2D eigenvalue weighted by Gasteiger charge is -2.08. The van der Waals surface area contributed by atoms with Crippen molar-refractivity contribution in [3.63, 3.8) is 0 Å². The number of benzene rings is 1. The number of thioether (sulfide) groups is 1. The maximum Gasteiger partial charge on any atom is 0.359 e. The van der Waals surface area contributed by atoms with E-state index < -0.39 is 18.5 Å². The predicted molar refractivity (Wildman–Crippen MR) is 86.6 cm³/mol. The predicted octanol–water partition coefficient (Wildman–Crippen LogP) is 2.61. The summed E-state index contributed by atoms with van der Waals surface area (Å²) in [6.45, 7) is -0.448. The molecule has 0 atom stereocenters. The van der Waals surface area contributed by atoms with E-state index in [9.17, 15) is 9.59 Å². The van der Waals surface area contributed by atoms with Crippen LogP contribution in [0.1, 0.15) is 10.5 Å². The minimum absolute atomic E-state index is 0.0272. The van der Waals surface area contributed by atoms with Gasteiger partial charge in [-0.05, 0) is 45.9 Å². The van der Waals surface area contributed by atoms with Gasteiger partial charge >= 0.3 is 5.97 Å². The Labute approximate surface area is 144 Å². The highest BCUT2D eigenvalue weighted by atomic mass is 79.9. The quantitative estimate of drug-likeness (QED) is 0.473. The first-order valence-electron chi connectivity index (χ1n) is 6.18. The molecule has 2 aromatic rings. The van der Waals surface area contributed by atoms with Crippen molar-refractivity contribution in [2.75, 3.05) is 11.9 Å². The third-order valence-electron chi connectivity index (χ3n) is 2.48. The summed E-state index contributed by atoms with van der Waals surface area (Å²) in [7, 11) is 0. The van der Waals surface area contributed by atoms with Gasteiger partial charge in [0, 0.05) is 21.8 Å². The Morgan fingerprint density at radius 1 is 1.39 bits per heavy atom. The van der Waals surface area contributed by atoms with Crippen LogP contribution < -0.4 is 5.32 Å². The standard InChI is InChI=1S/C14H9BrN4O3S/c15-10-5-9(23-8-16)1-2-11(10)19-13(20)7-22-14(21)12-6-17-3-4-18-12/h1-6H,7H2,(H,19,20). The van der Waals surface area contributed by atoms with Crippen molar-refractivity contribution in [3.05, 3.63) is 47.0 Å². The van der Waals surface area contributed by atoms with Crippen LogP contribution in [0.4, 0.5) is 5.69 Å². The summed E-state index contributed by atoms with van der Waals surface area (Å²) in [6, 6.07) is 5.04. The molecule has 0 saturated heterocycles. The molecule has 0 radical (unpaired) electrons. The zero-order valence-corrected chi connectivity index (χ0v) is 13.9. The van der Waals surface area contributed by atoms with Gasteiger partial charge in [-0.15, -0.1) is 0 Å². The lowest BCUT2D eigenvalue weighted by Crippen LogP contribution is -2.21. The van der Waals surface area contributed by atoms with E-state index in [-0.39, 0.29) is 5.69 Å². The third-order valence-corrected chi connectivity index (χ3v) is 3.72. The molecule has 0 aliphatic rings. The first-order valence-corrected chi connectivity index (χ1v) is 7.79. The Kier molecular flexibility index (Phi) is 6.08. The van der Waals surface area contributed by atoms with Crippen LogP contribution in [0.25, 0.3) is 0 Å². The summed E-state index contributed by atoms with van der Waals surface area (Å²) < 4.78 is 5.47. The number of thiocyanates is 1. The fraction of sp³-hybridized carbons (Fsp3) is 0.0714. The second kappa shape index (κ2) is 8.26. The van der Waals surface area contributed by atoms with Gasteiger partial charge in [0.15, 0.2) is 12.3 Å². The molecule has 1 N–H and O–H groups in total. The SMILES string of the molecule is N#CSc1ccc(NC(=O)COC(=O)c2cnccn2)c(Br)c1. The van der Waals surface area contributed by atoms with Gasteiger partial charge in [-0.3, -0.25) is 9.78 Å². The summed E-state index contributed by atoms with van der Waals surface area (Å²) in [6.07, 6.45) is 4.03. The molecule has 0 aliphatic carbocycles. The normalized spacial score (nSPS) is 9.74. The molecule has 0 bridgehead atoms. The Morgan fingerprint density at radius 3 is 2.87 bits per heavy atom. The molecule has 1 aromatic heterocycles. The molecule has 1 heterocycles. The molecule has 1 amide bonds. The average Bonchev–Trinajstić information content (AvgIpc) is 2.56. The number of anilines is 1. The number of rotatable bonds is 5. The van der Waals surface area contributed by atoms with Gasteiger partial charge < -0.3 is 10.1 Å². The van der Waals surface area contributed by atoms with Crippen LogP contribution in [0.5, 0.6) is 0 Å². The number of hydrogen-bond donors (Lipinski definition) is 1. The van der Waals surface area contributed by atoms with E-state index >= 15 is 0 Å². The monoisotopic (exact) mass is 392 g/mol. The number of carbonyl (C=O) groups excluding carboxylic acids is 2. The second-order valence-electron chi connectivity index (χ2n) is 4.05.